The number of methoxy groups -OCH3 is 1. The summed E-state index contributed by atoms with van der Waals surface area (Å²) in [6.45, 7) is 0. The number of ether oxygens (including phenoxy) is 1. The van der Waals surface area contributed by atoms with E-state index in [-0.39, 0.29) is 0 Å². The predicted molar refractivity (Wildman–Crippen MR) is 95.7 cm³/mol. The van der Waals surface area contributed by atoms with Gasteiger partial charge in [-0.3, -0.25) is 4.79 Å². The van der Waals surface area contributed by atoms with E-state index in [1.54, 1.807) is 0 Å². The van der Waals surface area contributed by atoms with Crippen LogP contribution in [0.25, 0.3) is 11.1 Å². The normalized spacial score (nSPS) is 17.0. The van der Waals surface area contributed by atoms with Crippen molar-refractivity contribution in [3.05, 3.63) is 58.7 Å². The summed E-state index contributed by atoms with van der Waals surface area (Å²) >= 11 is 0. The number of carboxylic acids is 1. The van der Waals surface area contributed by atoms with E-state index in [0.717, 1.165) is 12.1 Å². The number of hydrogen-bond acceptors (Lipinski definition) is 3. The fraction of sp³-hybridized carbons (Fsp3) is 0.200. The van der Waals surface area contributed by atoms with E-state index in [1.807, 2.05) is 0 Å². The van der Waals surface area contributed by atoms with Gasteiger partial charge >= 0.3 is 5.97 Å². The lowest BCUT2D eigenvalue weighted by Crippen LogP contribution is -2.20. The number of carbonyl (C=O) groups is 2. The summed E-state index contributed by atoms with van der Waals surface area (Å²) in [6.07, 6.45) is -2.69. The molecule has 0 heterocycles. The zero-order chi connectivity index (χ0) is 25.6. The number of aliphatic carboxylic acids is 1. The molecule has 164 valence electrons. The number of alkyl halides is 2. The fourth-order valence-corrected chi connectivity index (χ4v) is 3.14. The van der Waals surface area contributed by atoms with Crippen molar-refractivity contribution in [3.63, 3.8) is 0 Å². The molecule has 0 atom stereocenters. The van der Waals surface area contributed by atoms with Crippen LogP contribution in [0.4, 0.5) is 32.0 Å². The van der Waals surface area contributed by atoms with Crippen LogP contribution in [0.2, 0.25) is 0 Å². The molecule has 1 amide bonds. The fourth-order valence-electron chi connectivity index (χ4n) is 3.14. The number of rotatable bonds is 5. The number of nitrogens with one attached hydrogen (secondary N) is 1. The van der Waals surface area contributed by atoms with E-state index in [9.17, 15) is 35.9 Å². The monoisotopic (exact) mass is 448 g/mol. The second-order valence-electron chi connectivity index (χ2n) is 6.53. The smallest absolute Gasteiger partial charge is 0.332 e. The quantitative estimate of drug-likeness (QED) is 0.515. The highest BCUT2D eigenvalue weighted by molar-refractivity contribution is 6.09. The van der Waals surface area contributed by atoms with Crippen LogP contribution in [0.5, 0.6) is 5.75 Å². The third-order valence-corrected chi connectivity index (χ3v) is 4.54. The number of carboxylic acid groups (broad SMARTS) is 1. The average molecular weight is 448 g/mol. The molecular weight excluding hydrogens is 432 g/mol. The minimum absolute atomic E-state index is 0.639. The number of carbonyl (C=O) groups excluding carboxylic acids is 1. The molecule has 0 aliphatic heterocycles. The number of halogens is 6. The lowest BCUT2D eigenvalue weighted by molar-refractivity contribution is -0.133. The van der Waals surface area contributed by atoms with Crippen molar-refractivity contribution < 1.29 is 49.9 Å². The van der Waals surface area contributed by atoms with Gasteiger partial charge in [0, 0.05) is 24.0 Å². The number of anilines is 1. The lowest BCUT2D eigenvalue weighted by atomic mass is 10.0. The van der Waals surface area contributed by atoms with E-state index >= 15 is 0 Å². The van der Waals surface area contributed by atoms with Gasteiger partial charge < -0.3 is 15.2 Å². The Kier molecular flexibility index (Phi) is 4.70. The number of benzene rings is 2. The zero-order valence-electron chi connectivity index (χ0n) is 18.2. The van der Waals surface area contributed by atoms with Gasteiger partial charge in [0.05, 0.1) is 22.3 Å². The molecule has 2 N–H and O–H groups in total. The molecule has 0 saturated heterocycles. The van der Waals surface area contributed by atoms with Gasteiger partial charge in [0.2, 0.25) is 0 Å². The summed E-state index contributed by atoms with van der Waals surface area (Å²) in [5, 5.41) is 10.4. The van der Waals surface area contributed by atoms with Crippen LogP contribution in [-0.4, -0.2) is 29.9 Å². The van der Waals surface area contributed by atoms with Crippen molar-refractivity contribution in [3.8, 4) is 16.9 Å². The maximum atomic E-state index is 14.8. The Hall–Kier alpha value is -3.50. The average Bonchev–Trinajstić information content (AvgIpc) is 3.06. The molecule has 2 aromatic carbocycles. The molecule has 1 aliphatic carbocycles. The molecule has 0 unspecified atom stereocenters. The van der Waals surface area contributed by atoms with Crippen molar-refractivity contribution in [2.75, 3.05) is 12.4 Å². The summed E-state index contributed by atoms with van der Waals surface area (Å²) in [4.78, 5) is 23.4. The van der Waals surface area contributed by atoms with Gasteiger partial charge in [0.25, 0.3) is 11.8 Å². The van der Waals surface area contributed by atoms with Crippen LogP contribution >= 0.6 is 0 Å². The van der Waals surface area contributed by atoms with Crippen LogP contribution in [0.3, 0.4) is 0 Å². The first-order chi connectivity index (χ1) is 15.6. The van der Waals surface area contributed by atoms with Crippen LogP contribution in [0, 0.1) is 23.3 Å². The third-order valence-electron chi connectivity index (χ3n) is 4.54. The number of para-hydroxylation sites is 1. The Morgan fingerprint density at radius 1 is 1.03 bits per heavy atom. The molecule has 0 bridgehead atoms. The predicted octanol–water partition coefficient (Wildman–Crippen LogP) is 4.67. The third kappa shape index (κ3) is 3.94. The standard InChI is InChI=1S/C20H13F6NO4/c1-31-11-5-3-2-4-8(11)12-13(21)15(23)17(16(24)14(12)22)27-18(28)9-6-20(25,26)7-10(9)19(29)30/h2-5H,6-7H2,1H3,(H,27,28)(H,29,30)/i1D3. The highest BCUT2D eigenvalue weighted by Gasteiger charge is 2.44. The number of hydrogen-bond donors (Lipinski definition) is 2. The molecular formula is C20H13F6NO4. The van der Waals surface area contributed by atoms with Crippen molar-refractivity contribution in [2.45, 2.75) is 18.8 Å². The summed E-state index contributed by atoms with van der Waals surface area (Å²) in [6, 6.07) is 4.30. The van der Waals surface area contributed by atoms with Gasteiger partial charge in [0.15, 0.2) is 23.3 Å². The van der Waals surface area contributed by atoms with Gasteiger partial charge in [-0.05, 0) is 6.07 Å². The molecule has 2 aromatic rings. The highest BCUT2D eigenvalue weighted by atomic mass is 19.3. The van der Waals surface area contributed by atoms with Gasteiger partial charge in [-0.25, -0.2) is 31.1 Å². The van der Waals surface area contributed by atoms with Crippen molar-refractivity contribution in [2.24, 2.45) is 0 Å². The van der Waals surface area contributed by atoms with Gasteiger partial charge in [0.1, 0.15) is 11.4 Å². The summed E-state index contributed by atoms with van der Waals surface area (Å²) in [5.41, 5.74) is -5.75. The molecule has 1 aliphatic rings. The first-order valence-corrected chi connectivity index (χ1v) is 8.42. The summed E-state index contributed by atoms with van der Waals surface area (Å²) in [7, 11) is -3.08. The Morgan fingerprint density at radius 3 is 2.19 bits per heavy atom. The van der Waals surface area contributed by atoms with Gasteiger partial charge in [-0.1, -0.05) is 18.2 Å². The molecule has 0 fully saturated rings. The Labute approximate surface area is 175 Å². The molecule has 5 nitrogen and oxygen atoms in total. The van der Waals surface area contributed by atoms with Crippen molar-refractivity contribution >= 4 is 17.6 Å². The SMILES string of the molecule is [2H]C([2H])([2H])Oc1ccccc1-c1c(F)c(F)c(NC(=O)C2=C(C(=O)O)CC(F)(F)C2)c(F)c1F. The van der Waals surface area contributed by atoms with E-state index in [1.165, 1.54) is 17.4 Å². The molecule has 0 aromatic heterocycles. The van der Waals surface area contributed by atoms with Crippen molar-refractivity contribution in [1.82, 2.24) is 0 Å². The molecule has 0 spiro atoms. The number of amides is 1. The van der Waals surface area contributed by atoms with Crippen molar-refractivity contribution in [1.29, 1.82) is 0 Å². The van der Waals surface area contributed by atoms with Crippen LogP contribution in [0.15, 0.2) is 35.4 Å². The molecule has 31 heavy (non-hydrogen) atoms. The second kappa shape index (κ2) is 7.97. The first kappa shape index (κ1) is 18.3. The van der Waals surface area contributed by atoms with E-state index in [0.29, 0.717) is 0 Å². The summed E-state index contributed by atoms with van der Waals surface area (Å²) < 4.78 is 112. The maximum Gasteiger partial charge on any atom is 0.332 e. The summed E-state index contributed by atoms with van der Waals surface area (Å²) in [5.74, 6) is -16.2. The molecule has 0 radical (unpaired) electrons. The Bertz CT molecular complexity index is 1200. The van der Waals surface area contributed by atoms with Crippen LogP contribution in [-0.2, 0) is 9.59 Å². The molecule has 3 rings (SSSR count). The van der Waals surface area contributed by atoms with Gasteiger partial charge in [-0.15, -0.1) is 0 Å². The minimum Gasteiger partial charge on any atom is -0.496 e. The highest BCUT2D eigenvalue weighted by Crippen LogP contribution is 2.41. The zero-order valence-corrected chi connectivity index (χ0v) is 15.2. The van der Waals surface area contributed by atoms with Crippen LogP contribution in [0.1, 0.15) is 17.0 Å². The molecule has 0 saturated carbocycles. The first-order valence-electron chi connectivity index (χ1n) is 9.92. The topological polar surface area (TPSA) is 75.6 Å². The lowest BCUT2D eigenvalue weighted by Gasteiger charge is -2.15. The van der Waals surface area contributed by atoms with E-state index in [2.05, 4.69) is 4.74 Å². The second-order valence-corrected chi connectivity index (χ2v) is 6.53. The van der Waals surface area contributed by atoms with Gasteiger partial charge in [-0.2, -0.15) is 0 Å². The largest absolute Gasteiger partial charge is 0.496 e. The Morgan fingerprint density at radius 2 is 1.61 bits per heavy atom. The maximum absolute atomic E-state index is 14.8. The van der Waals surface area contributed by atoms with E-state index < -0.39 is 94.7 Å². The molecule has 11 heteroatoms. The minimum atomic E-state index is -3.62. The Balaban J connectivity index is 2.08. The van der Waals surface area contributed by atoms with E-state index in [4.69, 9.17) is 9.22 Å². The van der Waals surface area contributed by atoms with Crippen LogP contribution < -0.4 is 10.1 Å².